The molecule has 1 saturated heterocycles. The number of piperazine rings is 1. The van der Waals surface area contributed by atoms with Gasteiger partial charge in [0.25, 0.3) is 5.69 Å². The Bertz CT molecular complexity index is 1130. The molecule has 2 aromatic rings. The van der Waals surface area contributed by atoms with Crippen molar-refractivity contribution in [3.63, 3.8) is 0 Å². The minimum Gasteiger partial charge on any atom is -0.369 e. The molecule has 1 aliphatic heterocycles. The molecule has 0 spiro atoms. The molecule has 0 aliphatic carbocycles. The van der Waals surface area contributed by atoms with E-state index in [1.165, 1.54) is 10.4 Å². The monoisotopic (exact) mass is 485 g/mol. The van der Waals surface area contributed by atoms with Gasteiger partial charge < -0.3 is 4.90 Å². The lowest BCUT2D eigenvalue weighted by atomic mass is 10.1. The zero-order valence-corrected chi connectivity index (χ0v) is 20.5. The van der Waals surface area contributed by atoms with Gasteiger partial charge >= 0.3 is 0 Å². The molecular formula is C24H31N5O4S. The van der Waals surface area contributed by atoms with Crippen LogP contribution >= 0.6 is 0 Å². The third-order valence-electron chi connectivity index (χ3n) is 5.81. The third-order valence-corrected chi connectivity index (χ3v) is 7.72. The molecule has 3 rings (SSSR count). The van der Waals surface area contributed by atoms with E-state index in [1.807, 2.05) is 30.9 Å². The van der Waals surface area contributed by atoms with Crippen molar-refractivity contribution in [1.29, 1.82) is 0 Å². The number of terminal acetylenes is 1. The second kappa shape index (κ2) is 11.4. The van der Waals surface area contributed by atoms with Crippen LogP contribution < -0.4 is 4.90 Å². The lowest BCUT2D eigenvalue weighted by Crippen LogP contribution is -2.48. The lowest BCUT2D eigenvalue weighted by Gasteiger charge is -2.35. The highest BCUT2D eigenvalue weighted by Crippen LogP contribution is 2.36. The Balaban J connectivity index is 1.95. The van der Waals surface area contributed by atoms with Gasteiger partial charge in [0.05, 0.1) is 16.2 Å². The normalized spacial score (nSPS) is 15.1. The van der Waals surface area contributed by atoms with Crippen LogP contribution in [0.4, 0.5) is 11.4 Å². The van der Waals surface area contributed by atoms with Crippen LogP contribution in [-0.2, 0) is 16.6 Å². The smallest absolute Gasteiger partial charge is 0.272 e. The number of nitrogens with zero attached hydrogens (tertiary/aromatic N) is 5. The number of aromatic nitrogens is 1. The molecule has 0 unspecified atom stereocenters. The van der Waals surface area contributed by atoms with Crippen molar-refractivity contribution in [2.24, 2.45) is 0 Å². The van der Waals surface area contributed by atoms with E-state index in [2.05, 4.69) is 15.8 Å². The number of pyridine rings is 1. The van der Waals surface area contributed by atoms with Crippen LogP contribution in [0.2, 0.25) is 0 Å². The van der Waals surface area contributed by atoms with E-state index >= 15 is 0 Å². The Labute approximate surface area is 201 Å². The Morgan fingerprint density at radius 1 is 1.18 bits per heavy atom. The van der Waals surface area contributed by atoms with Gasteiger partial charge in [0.15, 0.2) is 0 Å². The van der Waals surface area contributed by atoms with Gasteiger partial charge in [0.1, 0.15) is 4.90 Å². The van der Waals surface area contributed by atoms with Gasteiger partial charge in [-0.3, -0.25) is 20.0 Å². The lowest BCUT2D eigenvalue weighted by molar-refractivity contribution is -0.385. The van der Waals surface area contributed by atoms with E-state index in [4.69, 9.17) is 6.42 Å². The summed E-state index contributed by atoms with van der Waals surface area (Å²) in [5.41, 5.74) is 1.35. The van der Waals surface area contributed by atoms with Gasteiger partial charge in [-0.2, -0.15) is 4.31 Å². The van der Waals surface area contributed by atoms with Gasteiger partial charge in [-0.25, -0.2) is 8.42 Å². The number of non-ortho nitro benzene ring substituents is 1. The van der Waals surface area contributed by atoms with Crippen LogP contribution in [0.15, 0.2) is 41.6 Å². The summed E-state index contributed by atoms with van der Waals surface area (Å²) in [5.74, 6) is 2.49. The van der Waals surface area contributed by atoms with Crippen LogP contribution in [0.3, 0.4) is 0 Å². The van der Waals surface area contributed by atoms with Crippen molar-refractivity contribution in [2.75, 3.05) is 44.2 Å². The maximum Gasteiger partial charge on any atom is 0.272 e. The molecule has 0 saturated carbocycles. The van der Waals surface area contributed by atoms with Crippen molar-refractivity contribution < 1.29 is 13.3 Å². The molecule has 0 atom stereocenters. The molecule has 34 heavy (non-hydrogen) atoms. The largest absolute Gasteiger partial charge is 0.369 e. The molecule has 10 heteroatoms. The van der Waals surface area contributed by atoms with Gasteiger partial charge in [0, 0.05) is 70.3 Å². The zero-order valence-electron chi connectivity index (χ0n) is 19.7. The average molecular weight is 486 g/mol. The second-order valence-corrected chi connectivity index (χ2v) is 10.2. The van der Waals surface area contributed by atoms with E-state index in [9.17, 15) is 18.5 Å². The minimum absolute atomic E-state index is 0.0859. The Hall–Kier alpha value is -3.00. The quantitative estimate of drug-likeness (QED) is 0.290. The summed E-state index contributed by atoms with van der Waals surface area (Å²) in [6.45, 7) is 7.56. The fourth-order valence-corrected chi connectivity index (χ4v) is 5.90. The average Bonchev–Trinajstić information content (AvgIpc) is 2.84. The molecule has 1 fully saturated rings. The Morgan fingerprint density at radius 3 is 2.38 bits per heavy atom. The second-order valence-electron chi connectivity index (χ2n) is 8.27. The van der Waals surface area contributed by atoms with Crippen molar-refractivity contribution in [3.05, 3.63) is 57.9 Å². The van der Waals surface area contributed by atoms with Crippen molar-refractivity contribution in [3.8, 4) is 12.3 Å². The number of hydrogen-bond acceptors (Lipinski definition) is 7. The topological polar surface area (TPSA) is 99.9 Å². The van der Waals surface area contributed by atoms with Crippen molar-refractivity contribution in [1.82, 2.24) is 14.2 Å². The molecule has 1 aliphatic rings. The molecule has 1 aromatic carbocycles. The first-order valence-corrected chi connectivity index (χ1v) is 12.9. The number of nitro groups is 1. The number of nitro benzene ring substituents is 1. The summed E-state index contributed by atoms with van der Waals surface area (Å²) in [5, 5.41) is 11.6. The van der Waals surface area contributed by atoms with E-state index in [1.54, 1.807) is 12.4 Å². The predicted molar refractivity (Wildman–Crippen MR) is 132 cm³/mol. The van der Waals surface area contributed by atoms with Gasteiger partial charge in [-0.1, -0.05) is 25.8 Å². The van der Waals surface area contributed by atoms with E-state index in [0.717, 1.165) is 24.5 Å². The molecule has 1 aromatic heterocycles. The zero-order chi connectivity index (χ0) is 24.7. The molecule has 2 heterocycles. The minimum atomic E-state index is -4.01. The first-order chi connectivity index (χ1) is 16.3. The first kappa shape index (κ1) is 25.6. The summed E-state index contributed by atoms with van der Waals surface area (Å²) >= 11 is 0. The fraction of sp³-hybridized carbons (Fsp3) is 0.458. The number of anilines is 1. The van der Waals surface area contributed by atoms with Gasteiger partial charge in [-0.05, 0) is 24.5 Å². The maximum absolute atomic E-state index is 13.8. The summed E-state index contributed by atoms with van der Waals surface area (Å²) in [6, 6.07) is 6.31. The summed E-state index contributed by atoms with van der Waals surface area (Å²) in [4.78, 5) is 19.1. The van der Waals surface area contributed by atoms with Crippen LogP contribution in [-0.4, -0.2) is 66.8 Å². The van der Waals surface area contributed by atoms with Crippen molar-refractivity contribution in [2.45, 2.75) is 38.1 Å². The predicted octanol–water partition coefficient (Wildman–Crippen LogP) is 3.10. The highest BCUT2D eigenvalue weighted by Gasteiger charge is 2.34. The van der Waals surface area contributed by atoms with Gasteiger partial charge in [0.2, 0.25) is 10.0 Å². The number of benzene rings is 1. The third kappa shape index (κ3) is 5.73. The first-order valence-electron chi connectivity index (χ1n) is 11.5. The van der Waals surface area contributed by atoms with E-state index in [0.29, 0.717) is 38.4 Å². The Morgan fingerprint density at radius 2 is 1.85 bits per heavy atom. The molecule has 0 amide bonds. The molecule has 182 valence electrons. The van der Waals surface area contributed by atoms with Crippen LogP contribution in [0, 0.1) is 22.5 Å². The van der Waals surface area contributed by atoms with Crippen LogP contribution in [0.1, 0.15) is 37.8 Å². The molecular weight excluding hydrogens is 454 g/mol. The SMILES string of the molecule is C#Cc1cc([N+](=O)[O-])cc(S(=O)(=O)N2CCN(Cc3cccnc3)CC2)c1N(CCC)CCC. The Kier molecular flexibility index (Phi) is 8.61. The van der Waals surface area contributed by atoms with Crippen LogP contribution in [0.5, 0.6) is 0 Å². The number of rotatable bonds is 10. The van der Waals surface area contributed by atoms with Crippen LogP contribution in [0.25, 0.3) is 0 Å². The number of sulfonamides is 1. The van der Waals surface area contributed by atoms with E-state index in [-0.39, 0.29) is 29.2 Å². The summed E-state index contributed by atoms with van der Waals surface area (Å²) in [6.07, 6.45) is 10.8. The maximum atomic E-state index is 13.8. The van der Waals surface area contributed by atoms with Gasteiger partial charge in [-0.15, -0.1) is 6.42 Å². The summed E-state index contributed by atoms with van der Waals surface area (Å²) in [7, 11) is -4.01. The van der Waals surface area contributed by atoms with Crippen molar-refractivity contribution >= 4 is 21.4 Å². The molecule has 9 nitrogen and oxygen atoms in total. The summed E-state index contributed by atoms with van der Waals surface area (Å²) < 4.78 is 29.0. The standard InChI is InChI=1S/C24H31N5O4S/c1-4-10-27(11-5-2)24-21(6-3)16-22(29(30)31)17-23(24)34(32,33)28-14-12-26(13-15-28)19-20-8-7-9-25-18-20/h3,7-9,16-18H,4-5,10-15,19H2,1-2H3. The molecule has 0 bridgehead atoms. The fourth-order valence-electron chi connectivity index (χ4n) is 4.22. The highest BCUT2D eigenvalue weighted by atomic mass is 32.2. The number of hydrogen-bond donors (Lipinski definition) is 0. The molecule has 0 radical (unpaired) electrons. The highest BCUT2D eigenvalue weighted by molar-refractivity contribution is 7.89. The molecule has 0 N–H and O–H groups in total. The van der Waals surface area contributed by atoms with E-state index < -0.39 is 14.9 Å².